The minimum absolute atomic E-state index is 0.120. The minimum atomic E-state index is -0.380. The van der Waals surface area contributed by atoms with Crippen molar-refractivity contribution < 1.29 is 19.4 Å². The summed E-state index contributed by atoms with van der Waals surface area (Å²) in [7, 11) is 3.59. The quantitative estimate of drug-likeness (QED) is 0.462. The van der Waals surface area contributed by atoms with E-state index >= 15 is 0 Å². The number of para-hydroxylation sites is 1. The third kappa shape index (κ3) is 5.70. The highest BCUT2D eigenvalue weighted by molar-refractivity contribution is 5.91. The molecule has 0 bridgehead atoms. The van der Waals surface area contributed by atoms with Crippen molar-refractivity contribution >= 4 is 28.2 Å². The van der Waals surface area contributed by atoms with E-state index in [1.807, 2.05) is 61.3 Å². The van der Waals surface area contributed by atoms with Crippen LogP contribution in [0.2, 0.25) is 0 Å². The van der Waals surface area contributed by atoms with Crippen molar-refractivity contribution in [3.05, 3.63) is 48.3 Å². The lowest BCUT2D eigenvalue weighted by Crippen LogP contribution is -2.13. The number of benzene rings is 2. The molecule has 0 saturated heterocycles. The molecule has 7 nitrogen and oxygen atoms in total. The fraction of sp³-hybridized carbons (Fsp3) is 0.375. The summed E-state index contributed by atoms with van der Waals surface area (Å²) in [5.74, 6) is 2.74. The van der Waals surface area contributed by atoms with Gasteiger partial charge in [0.05, 0.1) is 19.2 Å². The summed E-state index contributed by atoms with van der Waals surface area (Å²) < 4.78 is 11.4. The lowest BCUT2D eigenvalue weighted by Gasteiger charge is -2.22. The molecular formula is C24H29N3O4. The van der Waals surface area contributed by atoms with Crippen molar-refractivity contribution in [2.45, 2.75) is 32.6 Å². The van der Waals surface area contributed by atoms with E-state index in [0.29, 0.717) is 30.4 Å². The number of Topliss-reactive ketones (excluding diaryl/α,β-unsaturated/α-hetero) is 1. The number of carbonyl (C=O) groups is 1. The summed E-state index contributed by atoms with van der Waals surface area (Å²) >= 11 is 0. The zero-order valence-corrected chi connectivity index (χ0v) is 18.3. The number of aliphatic hydroxyl groups is 1. The summed E-state index contributed by atoms with van der Waals surface area (Å²) in [4.78, 5) is 22.4. The summed E-state index contributed by atoms with van der Waals surface area (Å²) in [5.41, 5.74) is 1.83. The summed E-state index contributed by atoms with van der Waals surface area (Å²) in [6.45, 7) is 2.03. The molecule has 0 aliphatic carbocycles. The number of hydrogen-bond donors (Lipinski definition) is 1. The Morgan fingerprint density at radius 3 is 2.65 bits per heavy atom. The van der Waals surface area contributed by atoms with Crippen LogP contribution in [0.4, 0.5) is 11.5 Å². The minimum Gasteiger partial charge on any atom is -0.493 e. The Labute approximate surface area is 182 Å². The van der Waals surface area contributed by atoms with E-state index in [1.54, 1.807) is 7.11 Å². The van der Waals surface area contributed by atoms with Crippen molar-refractivity contribution in [2.75, 3.05) is 32.3 Å². The fourth-order valence-corrected chi connectivity index (χ4v) is 3.40. The summed E-state index contributed by atoms with van der Waals surface area (Å²) in [6, 6.07) is 13.8. The normalized spacial score (nSPS) is 10.8. The Bertz CT molecular complexity index is 1040. The maximum absolute atomic E-state index is 11.2. The number of methoxy groups -OCH3 is 1. The maximum Gasteiger partial charge on any atom is 0.163 e. The Morgan fingerprint density at radius 2 is 1.87 bits per heavy atom. The second-order valence-corrected chi connectivity index (χ2v) is 7.36. The molecule has 0 fully saturated rings. The van der Waals surface area contributed by atoms with Crippen LogP contribution >= 0.6 is 0 Å². The molecule has 0 radical (unpaired) electrons. The molecule has 0 amide bonds. The third-order valence-corrected chi connectivity index (χ3v) is 5.08. The van der Waals surface area contributed by atoms with Gasteiger partial charge in [0.2, 0.25) is 0 Å². The number of aryl methyl sites for hydroxylation is 1. The van der Waals surface area contributed by atoms with Gasteiger partial charge >= 0.3 is 0 Å². The van der Waals surface area contributed by atoms with Crippen LogP contribution in [0.5, 0.6) is 11.5 Å². The molecule has 1 heterocycles. The molecule has 0 spiro atoms. The average Bonchev–Trinajstić information content (AvgIpc) is 2.79. The number of ketones is 1. The SMILES string of the molecule is COc1ccc(N(C)c2nc(C)nc3ccccc23)cc1OCCCCCC(=O)CO. The zero-order valence-electron chi connectivity index (χ0n) is 18.3. The number of aliphatic hydroxyl groups excluding tert-OH is 1. The molecule has 0 atom stereocenters. The molecule has 164 valence electrons. The molecular weight excluding hydrogens is 394 g/mol. The first-order valence-electron chi connectivity index (χ1n) is 10.4. The van der Waals surface area contributed by atoms with Gasteiger partial charge in [-0.3, -0.25) is 4.79 Å². The predicted molar refractivity (Wildman–Crippen MR) is 121 cm³/mol. The number of hydrogen-bond acceptors (Lipinski definition) is 7. The van der Waals surface area contributed by atoms with Crippen molar-refractivity contribution in [3.8, 4) is 11.5 Å². The average molecular weight is 424 g/mol. The van der Waals surface area contributed by atoms with Crippen LogP contribution in [0.3, 0.4) is 0 Å². The monoisotopic (exact) mass is 423 g/mol. The standard InChI is InChI=1S/C24H29N3O4/c1-17-25-21-11-7-6-10-20(21)24(26-17)27(2)18-12-13-22(30-3)23(15-18)31-14-8-4-5-9-19(29)16-28/h6-7,10-13,15,28H,4-5,8-9,14,16H2,1-3H3. The van der Waals surface area contributed by atoms with Crippen LogP contribution in [-0.4, -0.2) is 48.2 Å². The zero-order chi connectivity index (χ0) is 22.2. The van der Waals surface area contributed by atoms with Gasteiger partial charge in [-0.05, 0) is 50.5 Å². The topological polar surface area (TPSA) is 84.8 Å². The molecule has 2 aromatic carbocycles. The van der Waals surface area contributed by atoms with E-state index in [0.717, 1.165) is 41.7 Å². The van der Waals surface area contributed by atoms with E-state index < -0.39 is 0 Å². The number of ether oxygens (including phenoxy) is 2. The van der Waals surface area contributed by atoms with Gasteiger partial charge in [-0.1, -0.05) is 12.1 Å². The van der Waals surface area contributed by atoms with E-state index in [1.165, 1.54) is 0 Å². The number of fused-ring (bicyclic) bond motifs is 1. The Kier molecular flexibility index (Phi) is 7.78. The highest BCUT2D eigenvalue weighted by Crippen LogP contribution is 2.35. The van der Waals surface area contributed by atoms with Gasteiger partial charge in [0, 0.05) is 30.6 Å². The third-order valence-electron chi connectivity index (χ3n) is 5.08. The van der Waals surface area contributed by atoms with Gasteiger partial charge in [-0.15, -0.1) is 0 Å². The number of anilines is 2. The molecule has 31 heavy (non-hydrogen) atoms. The van der Waals surface area contributed by atoms with Gasteiger partial charge in [0.25, 0.3) is 0 Å². The largest absolute Gasteiger partial charge is 0.493 e. The second kappa shape index (κ2) is 10.7. The van der Waals surface area contributed by atoms with E-state index in [4.69, 9.17) is 14.6 Å². The maximum atomic E-state index is 11.2. The highest BCUT2D eigenvalue weighted by atomic mass is 16.5. The molecule has 7 heteroatoms. The highest BCUT2D eigenvalue weighted by Gasteiger charge is 2.14. The predicted octanol–water partition coefficient (Wildman–Crippen LogP) is 4.22. The van der Waals surface area contributed by atoms with Crippen LogP contribution in [0.25, 0.3) is 10.9 Å². The van der Waals surface area contributed by atoms with E-state index in [2.05, 4.69) is 9.97 Å². The van der Waals surface area contributed by atoms with Crippen molar-refractivity contribution in [1.82, 2.24) is 9.97 Å². The fourth-order valence-electron chi connectivity index (χ4n) is 3.40. The second-order valence-electron chi connectivity index (χ2n) is 7.36. The molecule has 3 rings (SSSR count). The number of rotatable bonds is 11. The first-order valence-corrected chi connectivity index (χ1v) is 10.4. The molecule has 0 unspecified atom stereocenters. The molecule has 1 aromatic heterocycles. The van der Waals surface area contributed by atoms with Crippen LogP contribution in [0.1, 0.15) is 31.5 Å². The van der Waals surface area contributed by atoms with Crippen molar-refractivity contribution in [3.63, 3.8) is 0 Å². The van der Waals surface area contributed by atoms with Crippen LogP contribution in [-0.2, 0) is 4.79 Å². The van der Waals surface area contributed by atoms with Gasteiger partial charge in [0.15, 0.2) is 17.3 Å². The summed E-state index contributed by atoms with van der Waals surface area (Å²) in [5, 5.41) is 9.75. The van der Waals surface area contributed by atoms with Crippen LogP contribution in [0, 0.1) is 6.92 Å². The van der Waals surface area contributed by atoms with Crippen LogP contribution < -0.4 is 14.4 Å². The van der Waals surface area contributed by atoms with Crippen molar-refractivity contribution in [1.29, 1.82) is 0 Å². The first-order chi connectivity index (χ1) is 15.0. The van der Waals surface area contributed by atoms with Crippen molar-refractivity contribution in [2.24, 2.45) is 0 Å². The molecule has 0 saturated carbocycles. The first kappa shape index (κ1) is 22.5. The van der Waals surface area contributed by atoms with Gasteiger partial charge in [-0.25, -0.2) is 9.97 Å². The Balaban J connectivity index is 1.74. The van der Waals surface area contributed by atoms with Gasteiger partial charge in [-0.2, -0.15) is 0 Å². The molecule has 0 aliphatic rings. The number of carbonyl (C=O) groups excluding carboxylic acids is 1. The lowest BCUT2D eigenvalue weighted by molar-refractivity contribution is -0.121. The number of nitrogens with zero attached hydrogens (tertiary/aromatic N) is 3. The molecule has 3 aromatic rings. The number of unbranched alkanes of at least 4 members (excludes halogenated alkanes) is 2. The van der Waals surface area contributed by atoms with Gasteiger partial charge in [0.1, 0.15) is 18.2 Å². The van der Waals surface area contributed by atoms with E-state index in [9.17, 15) is 4.79 Å². The number of aromatic nitrogens is 2. The molecule has 0 aliphatic heterocycles. The smallest absolute Gasteiger partial charge is 0.163 e. The summed E-state index contributed by atoms with van der Waals surface area (Å²) in [6.07, 6.45) is 2.84. The molecule has 1 N–H and O–H groups in total. The van der Waals surface area contributed by atoms with Gasteiger partial charge < -0.3 is 19.5 Å². The Morgan fingerprint density at radius 1 is 1.06 bits per heavy atom. The lowest BCUT2D eigenvalue weighted by atomic mass is 10.1. The Hall–Kier alpha value is -3.19. The van der Waals surface area contributed by atoms with Crippen LogP contribution in [0.15, 0.2) is 42.5 Å². The van der Waals surface area contributed by atoms with E-state index in [-0.39, 0.29) is 12.4 Å².